The summed E-state index contributed by atoms with van der Waals surface area (Å²) in [5.74, 6) is 0. The predicted octanol–water partition coefficient (Wildman–Crippen LogP) is 3.61. The Labute approximate surface area is 91.0 Å². The Morgan fingerprint density at radius 1 is 1.27 bits per heavy atom. The average molecular weight is 197 g/mol. The van der Waals surface area contributed by atoms with Crippen LogP contribution < -0.4 is 4.90 Å². The van der Waals surface area contributed by atoms with E-state index in [9.17, 15) is 0 Å². The molecule has 0 fully saturated rings. The Bertz CT molecular complexity index is 452. The largest absolute Gasteiger partial charge is 0.344 e. The van der Waals surface area contributed by atoms with Crippen LogP contribution in [0.15, 0.2) is 54.3 Å². The van der Waals surface area contributed by atoms with Crippen molar-refractivity contribution in [2.75, 3.05) is 11.9 Å². The van der Waals surface area contributed by atoms with Crippen LogP contribution in [0.5, 0.6) is 0 Å². The minimum absolute atomic E-state index is 1.07. The molecule has 0 radical (unpaired) electrons. The summed E-state index contributed by atoms with van der Waals surface area (Å²) in [4.78, 5) is 2.18. The van der Waals surface area contributed by atoms with Crippen molar-refractivity contribution >= 4 is 11.8 Å². The van der Waals surface area contributed by atoms with Crippen LogP contribution in [0.1, 0.15) is 12.5 Å². The zero-order chi connectivity index (χ0) is 10.8. The maximum absolute atomic E-state index is 3.90. The van der Waals surface area contributed by atoms with Crippen molar-refractivity contribution in [2.45, 2.75) is 6.92 Å². The van der Waals surface area contributed by atoms with Crippen LogP contribution in [0.25, 0.3) is 6.08 Å². The molecule has 0 saturated heterocycles. The van der Waals surface area contributed by atoms with Gasteiger partial charge in [-0.1, -0.05) is 36.4 Å². The van der Waals surface area contributed by atoms with E-state index in [0.717, 1.165) is 5.57 Å². The first kappa shape index (κ1) is 9.78. The van der Waals surface area contributed by atoms with E-state index in [2.05, 4.69) is 61.0 Å². The third-order valence-electron chi connectivity index (χ3n) is 2.51. The lowest BCUT2D eigenvalue weighted by molar-refractivity contribution is 1.12. The van der Waals surface area contributed by atoms with Crippen molar-refractivity contribution in [1.82, 2.24) is 0 Å². The molecule has 0 unspecified atom stereocenters. The van der Waals surface area contributed by atoms with E-state index in [4.69, 9.17) is 0 Å². The summed E-state index contributed by atoms with van der Waals surface area (Å²) in [6.45, 7) is 5.91. The second-order valence-electron chi connectivity index (χ2n) is 3.87. The highest BCUT2D eigenvalue weighted by Crippen LogP contribution is 2.29. The highest BCUT2D eigenvalue weighted by atomic mass is 15.1. The van der Waals surface area contributed by atoms with Crippen LogP contribution in [-0.2, 0) is 0 Å². The van der Waals surface area contributed by atoms with Crippen molar-refractivity contribution in [3.05, 3.63) is 59.8 Å². The molecule has 1 nitrogen and oxygen atoms in total. The first-order chi connectivity index (χ1) is 7.18. The van der Waals surface area contributed by atoms with Gasteiger partial charge < -0.3 is 4.90 Å². The van der Waals surface area contributed by atoms with Crippen LogP contribution >= 0.6 is 0 Å². The molecule has 1 heteroatoms. The van der Waals surface area contributed by atoms with Gasteiger partial charge in [0.05, 0.1) is 0 Å². The lowest BCUT2D eigenvalue weighted by Crippen LogP contribution is -2.18. The van der Waals surface area contributed by atoms with Gasteiger partial charge in [-0.15, -0.1) is 0 Å². The van der Waals surface area contributed by atoms with E-state index >= 15 is 0 Å². The summed E-state index contributed by atoms with van der Waals surface area (Å²) < 4.78 is 0. The summed E-state index contributed by atoms with van der Waals surface area (Å²) >= 11 is 0. The van der Waals surface area contributed by atoms with Gasteiger partial charge >= 0.3 is 0 Å². The molecular weight excluding hydrogens is 182 g/mol. The Hall–Kier alpha value is -1.76. The third kappa shape index (κ3) is 1.86. The van der Waals surface area contributed by atoms with Crippen molar-refractivity contribution in [2.24, 2.45) is 0 Å². The van der Waals surface area contributed by atoms with Crippen molar-refractivity contribution < 1.29 is 0 Å². The van der Waals surface area contributed by atoms with E-state index in [1.54, 1.807) is 0 Å². The zero-order valence-corrected chi connectivity index (χ0v) is 9.20. The molecule has 0 amide bonds. The van der Waals surface area contributed by atoms with Gasteiger partial charge in [0, 0.05) is 18.4 Å². The van der Waals surface area contributed by atoms with Crippen LogP contribution in [0.4, 0.5) is 5.69 Å². The van der Waals surface area contributed by atoms with Gasteiger partial charge in [0.25, 0.3) is 0 Å². The van der Waals surface area contributed by atoms with Gasteiger partial charge in [-0.2, -0.15) is 0 Å². The number of anilines is 1. The van der Waals surface area contributed by atoms with E-state index in [1.807, 2.05) is 6.92 Å². The van der Waals surface area contributed by atoms with Gasteiger partial charge in [0.15, 0.2) is 0 Å². The van der Waals surface area contributed by atoms with Gasteiger partial charge in [0.2, 0.25) is 0 Å². The Morgan fingerprint density at radius 2 is 2.00 bits per heavy atom. The van der Waals surface area contributed by atoms with Gasteiger partial charge in [-0.25, -0.2) is 0 Å². The van der Waals surface area contributed by atoms with Crippen LogP contribution in [0.2, 0.25) is 0 Å². The standard InChI is InChI=1S/C14H15N/c1-11(2)10-13-9-8-12-6-4-5-7-14(12)15(13)3/h4-10H,1H2,2-3H3/b13-10-. The number of para-hydroxylation sites is 1. The molecule has 1 heterocycles. The Morgan fingerprint density at radius 3 is 2.73 bits per heavy atom. The van der Waals surface area contributed by atoms with Crippen LogP contribution in [-0.4, -0.2) is 7.05 Å². The second kappa shape index (κ2) is 3.77. The van der Waals surface area contributed by atoms with E-state index in [1.165, 1.54) is 16.9 Å². The van der Waals surface area contributed by atoms with Gasteiger partial charge in [0.1, 0.15) is 0 Å². The molecule has 0 aliphatic carbocycles. The molecule has 0 spiro atoms. The minimum Gasteiger partial charge on any atom is -0.344 e. The first-order valence-corrected chi connectivity index (χ1v) is 5.06. The molecule has 0 saturated carbocycles. The summed E-state index contributed by atoms with van der Waals surface area (Å²) in [5, 5.41) is 0. The number of rotatable bonds is 1. The van der Waals surface area contributed by atoms with E-state index < -0.39 is 0 Å². The van der Waals surface area contributed by atoms with Crippen LogP contribution in [0.3, 0.4) is 0 Å². The maximum atomic E-state index is 3.90. The Balaban J connectivity index is 2.46. The smallest absolute Gasteiger partial charge is 0.0481 e. The molecule has 0 bridgehead atoms. The van der Waals surface area contributed by atoms with E-state index in [0.29, 0.717) is 0 Å². The summed E-state index contributed by atoms with van der Waals surface area (Å²) in [5.41, 5.74) is 4.76. The number of benzene rings is 1. The fourth-order valence-corrected chi connectivity index (χ4v) is 1.76. The molecule has 15 heavy (non-hydrogen) atoms. The van der Waals surface area contributed by atoms with Gasteiger partial charge in [-0.3, -0.25) is 0 Å². The third-order valence-corrected chi connectivity index (χ3v) is 2.51. The topological polar surface area (TPSA) is 3.24 Å². The van der Waals surface area contributed by atoms with Gasteiger partial charge in [-0.05, 0) is 30.7 Å². The number of hydrogen-bond acceptors (Lipinski definition) is 1. The summed E-state index contributed by atoms with van der Waals surface area (Å²) in [6, 6.07) is 8.38. The number of fused-ring (bicyclic) bond motifs is 1. The molecule has 0 N–H and O–H groups in total. The summed E-state index contributed by atoms with van der Waals surface area (Å²) in [6.07, 6.45) is 6.35. The number of hydrogen-bond donors (Lipinski definition) is 0. The predicted molar refractivity (Wildman–Crippen MR) is 66.8 cm³/mol. The van der Waals surface area contributed by atoms with Crippen molar-refractivity contribution in [1.29, 1.82) is 0 Å². The quantitative estimate of drug-likeness (QED) is 0.664. The number of allylic oxidation sites excluding steroid dienone is 3. The molecule has 2 rings (SSSR count). The fraction of sp³-hybridized carbons (Fsp3) is 0.143. The molecule has 1 aliphatic heterocycles. The molecule has 0 atom stereocenters. The number of likely N-dealkylation sites (N-methyl/N-ethyl adjacent to an activating group) is 1. The van der Waals surface area contributed by atoms with Crippen molar-refractivity contribution in [3.63, 3.8) is 0 Å². The lowest BCUT2D eigenvalue weighted by atomic mass is 10.1. The maximum Gasteiger partial charge on any atom is 0.0481 e. The van der Waals surface area contributed by atoms with Crippen LogP contribution in [0, 0.1) is 0 Å². The molecule has 76 valence electrons. The zero-order valence-electron chi connectivity index (χ0n) is 9.20. The molecule has 1 aliphatic rings. The van der Waals surface area contributed by atoms with E-state index in [-0.39, 0.29) is 0 Å². The first-order valence-electron chi connectivity index (χ1n) is 5.06. The second-order valence-corrected chi connectivity index (χ2v) is 3.87. The lowest BCUT2D eigenvalue weighted by Gasteiger charge is -2.26. The minimum atomic E-state index is 1.07. The monoisotopic (exact) mass is 197 g/mol. The number of nitrogens with zero attached hydrogens (tertiary/aromatic N) is 1. The fourth-order valence-electron chi connectivity index (χ4n) is 1.76. The molecular formula is C14H15N. The highest BCUT2D eigenvalue weighted by molar-refractivity contribution is 5.76. The average Bonchev–Trinajstić information content (AvgIpc) is 2.22. The molecule has 0 aromatic heterocycles. The summed E-state index contributed by atoms with van der Waals surface area (Å²) in [7, 11) is 2.08. The van der Waals surface area contributed by atoms with Crippen molar-refractivity contribution in [3.8, 4) is 0 Å². The SMILES string of the molecule is C=C(C)/C=C1/C=Cc2ccccc2N1C. The Kier molecular flexibility index (Phi) is 2.46. The molecule has 1 aromatic rings. The highest BCUT2D eigenvalue weighted by Gasteiger charge is 2.11. The molecule has 1 aromatic carbocycles. The normalized spacial score (nSPS) is 16.7.